The van der Waals surface area contributed by atoms with Gasteiger partial charge in [-0.25, -0.2) is 0 Å². The van der Waals surface area contributed by atoms with Crippen LogP contribution in [-0.2, 0) is 18.9 Å². The number of allylic oxidation sites excluding steroid dienone is 3. The predicted octanol–water partition coefficient (Wildman–Crippen LogP) is 5.24. The highest BCUT2D eigenvalue weighted by Crippen LogP contribution is 2.37. The van der Waals surface area contributed by atoms with E-state index in [0.717, 1.165) is 11.1 Å². The number of rotatable bonds is 17. The molecule has 9 heteroatoms. The van der Waals surface area contributed by atoms with Crippen molar-refractivity contribution in [2.75, 3.05) is 55.6 Å². The Morgan fingerprint density at radius 3 is 1.68 bits per heavy atom. The average molecular weight is 517 g/mol. The van der Waals surface area contributed by atoms with E-state index in [9.17, 15) is 4.79 Å². The molecule has 0 saturated heterocycles. The second-order valence-corrected chi connectivity index (χ2v) is 8.05. The van der Waals surface area contributed by atoms with E-state index < -0.39 is 0 Å². The summed E-state index contributed by atoms with van der Waals surface area (Å²) in [6, 6.07) is 10.6. The van der Waals surface area contributed by atoms with E-state index in [1.165, 1.54) is 21.3 Å². The van der Waals surface area contributed by atoms with Crippen molar-refractivity contribution in [3.8, 4) is 23.0 Å². The van der Waals surface area contributed by atoms with E-state index in [1.54, 1.807) is 19.2 Å². The van der Waals surface area contributed by atoms with E-state index in [1.807, 2.05) is 50.3 Å². The predicted molar refractivity (Wildman–Crippen MR) is 139 cm³/mol. The van der Waals surface area contributed by atoms with Crippen LogP contribution in [0.3, 0.4) is 0 Å². The maximum absolute atomic E-state index is 14.0. The maximum atomic E-state index is 14.0. The van der Waals surface area contributed by atoms with Gasteiger partial charge in [0.2, 0.25) is 0 Å². The molecule has 0 unspecified atom stereocenters. The largest absolute Gasteiger partial charge is 0.468 e. The summed E-state index contributed by atoms with van der Waals surface area (Å²) in [4.78, 5) is 14.0. The fraction of sp³-hybridized carbons (Fsp3) is 0.393. The van der Waals surface area contributed by atoms with Gasteiger partial charge in [-0.3, -0.25) is 4.79 Å². The molecular formula is C28H36O9. The molecular weight excluding hydrogens is 480 g/mol. The molecule has 0 aromatic heterocycles. The monoisotopic (exact) mass is 516 g/mol. The van der Waals surface area contributed by atoms with Gasteiger partial charge in [0.1, 0.15) is 28.6 Å². The van der Waals surface area contributed by atoms with Crippen LogP contribution in [0.25, 0.3) is 6.08 Å². The first-order chi connectivity index (χ1) is 17.9. The molecule has 0 saturated carbocycles. The molecule has 202 valence electrons. The molecule has 2 aromatic carbocycles. The quantitative estimate of drug-likeness (QED) is 0.121. The molecule has 0 aliphatic carbocycles. The number of hydrogen-bond donors (Lipinski definition) is 0. The smallest absolute Gasteiger partial charge is 0.196 e. The summed E-state index contributed by atoms with van der Waals surface area (Å²) in [7, 11) is 6.06. The second-order valence-electron chi connectivity index (χ2n) is 8.05. The highest BCUT2D eigenvalue weighted by molar-refractivity contribution is 6.14. The van der Waals surface area contributed by atoms with Crippen molar-refractivity contribution in [2.24, 2.45) is 0 Å². The molecule has 2 rings (SSSR count). The van der Waals surface area contributed by atoms with Gasteiger partial charge >= 0.3 is 0 Å². The van der Waals surface area contributed by atoms with Crippen LogP contribution < -0.4 is 18.9 Å². The van der Waals surface area contributed by atoms with Crippen molar-refractivity contribution in [3.05, 3.63) is 64.7 Å². The fourth-order valence-corrected chi connectivity index (χ4v) is 3.15. The lowest BCUT2D eigenvalue weighted by Crippen LogP contribution is -2.13. The summed E-state index contributed by atoms with van der Waals surface area (Å²) in [5.74, 6) is 1.29. The summed E-state index contributed by atoms with van der Waals surface area (Å²) in [6.07, 6.45) is 4.22. The van der Waals surface area contributed by atoms with Crippen molar-refractivity contribution in [3.63, 3.8) is 0 Å². The summed E-state index contributed by atoms with van der Waals surface area (Å²) in [6.45, 7) is 3.97. The molecule has 0 fully saturated rings. The SMILES string of the molecule is COCOc1ccc(/C=C(\CC=C(C)C)C(=O)c2c(OCOC)cc(OCOC)cc2OCOC)cc1. The third-order valence-corrected chi connectivity index (χ3v) is 4.86. The van der Waals surface area contributed by atoms with E-state index in [4.69, 9.17) is 37.9 Å². The Morgan fingerprint density at radius 1 is 0.703 bits per heavy atom. The standard InChI is InChI=1S/C28H36O9/c1-20(2)7-10-22(13-21-8-11-23(12-9-21)34-16-30-3)28(29)27-25(36-18-32-5)14-24(35-17-31-4)15-26(27)37-19-33-6/h7-9,11-15H,10,16-19H2,1-6H3/b22-13+. The summed E-state index contributed by atoms with van der Waals surface area (Å²) < 4.78 is 42.7. The molecule has 2 aromatic rings. The molecule has 0 bridgehead atoms. The van der Waals surface area contributed by atoms with Crippen molar-refractivity contribution in [1.82, 2.24) is 0 Å². The van der Waals surface area contributed by atoms with Gasteiger partial charge in [0.05, 0.1) is 0 Å². The Morgan fingerprint density at radius 2 is 1.19 bits per heavy atom. The summed E-state index contributed by atoms with van der Waals surface area (Å²) in [5.41, 5.74) is 2.67. The van der Waals surface area contributed by atoms with Gasteiger partial charge in [-0.1, -0.05) is 23.8 Å². The Kier molecular flexibility index (Phi) is 13.2. The van der Waals surface area contributed by atoms with Crippen molar-refractivity contribution < 1.29 is 42.7 Å². The van der Waals surface area contributed by atoms with Crippen molar-refractivity contribution in [2.45, 2.75) is 20.3 Å². The minimum Gasteiger partial charge on any atom is -0.468 e. The first kappa shape index (κ1) is 29.9. The number of hydrogen-bond acceptors (Lipinski definition) is 9. The first-order valence-corrected chi connectivity index (χ1v) is 11.6. The van der Waals surface area contributed by atoms with E-state index >= 15 is 0 Å². The molecule has 0 N–H and O–H groups in total. The first-order valence-electron chi connectivity index (χ1n) is 11.6. The molecule has 37 heavy (non-hydrogen) atoms. The van der Waals surface area contributed by atoms with Crippen LogP contribution in [0.2, 0.25) is 0 Å². The molecule has 0 aliphatic rings. The molecule has 9 nitrogen and oxygen atoms in total. The number of ketones is 1. The Bertz CT molecular complexity index is 1010. The highest BCUT2D eigenvalue weighted by Gasteiger charge is 2.24. The third kappa shape index (κ3) is 9.89. The van der Waals surface area contributed by atoms with Crippen LogP contribution in [0, 0.1) is 0 Å². The Labute approximate surface area is 218 Å². The van der Waals surface area contributed by atoms with Crippen LogP contribution in [-0.4, -0.2) is 61.4 Å². The lowest BCUT2D eigenvalue weighted by molar-refractivity contribution is 0.0400. The van der Waals surface area contributed by atoms with Crippen LogP contribution in [0.5, 0.6) is 23.0 Å². The van der Waals surface area contributed by atoms with Gasteiger partial charge < -0.3 is 37.9 Å². The van der Waals surface area contributed by atoms with Gasteiger partial charge in [0.15, 0.2) is 33.0 Å². The van der Waals surface area contributed by atoms with E-state index in [-0.39, 0.29) is 50.0 Å². The second kappa shape index (κ2) is 16.4. The normalized spacial score (nSPS) is 11.1. The van der Waals surface area contributed by atoms with E-state index in [2.05, 4.69) is 0 Å². The zero-order valence-electron chi connectivity index (χ0n) is 22.3. The van der Waals surface area contributed by atoms with Crippen LogP contribution in [0.1, 0.15) is 36.2 Å². The molecule has 0 heterocycles. The Hall–Kier alpha value is -3.37. The topological polar surface area (TPSA) is 90.9 Å². The molecule has 0 radical (unpaired) electrons. The lowest BCUT2D eigenvalue weighted by atomic mass is 9.96. The van der Waals surface area contributed by atoms with Gasteiger partial charge in [0, 0.05) is 46.1 Å². The van der Waals surface area contributed by atoms with Gasteiger partial charge in [-0.2, -0.15) is 0 Å². The zero-order valence-corrected chi connectivity index (χ0v) is 22.3. The minimum absolute atomic E-state index is 0.0105. The number of Topliss-reactive ketones (excluding diaryl/α,β-unsaturated/α-hetero) is 1. The summed E-state index contributed by atoms with van der Waals surface area (Å²) in [5, 5.41) is 0. The summed E-state index contributed by atoms with van der Waals surface area (Å²) >= 11 is 0. The number of benzene rings is 2. The average Bonchev–Trinajstić information content (AvgIpc) is 2.90. The molecule has 0 amide bonds. The van der Waals surface area contributed by atoms with Gasteiger partial charge in [0.25, 0.3) is 0 Å². The number of ether oxygens (including phenoxy) is 8. The highest BCUT2D eigenvalue weighted by atomic mass is 16.7. The van der Waals surface area contributed by atoms with Crippen molar-refractivity contribution >= 4 is 11.9 Å². The van der Waals surface area contributed by atoms with Gasteiger partial charge in [-0.05, 0) is 44.0 Å². The minimum atomic E-state index is -0.271. The molecule has 0 spiro atoms. The lowest BCUT2D eigenvalue weighted by Gasteiger charge is -2.18. The number of methoxy groups -OCH3 is 4. The number of carbonyl (C=O) groups excluding carboxylic acids is 1. The van der Waals surface area contributed by atoms with Gasteiger partial charge in [-0.15, -0.1) is 0 Å². The number of carbonyl (C=O) groups is 1. The van der Waals surface area contributed by atoms with E-state index in [0.29, 0.717) is 23.5 Å². The maximum Gasteiger partial charge on any atom is 0.196 e. The fourth-order valence-electron chi connectivity index (χ4n) is 3.15. The van der Waals surface area contributed by atoms with Crippen LogP contribution in [0.15, 0.2) is 53.6 Å². The van der Waals surface area contributed by atoms with Crippen LogP contribution in [0.4, 0.5) is 0 Å². The van der Waals surface area contributed by atoms with Crippen molar-refractivity contribution in [1.29, 1.82) is 0 Å². The third-order valence-electron chi connectivity index (χ3n) is 4.86. The molecule has 0 atom stereocenters. The zero-order chi connectivity index (χ0) is 27.0. The molecule has 0 aliphatic heterocycles. The van der Waals surface area contributed by atoms with Crippen LogP contribution >= 0.6 is 0 Å². The Balaban J connectivity index is 2.58.